The van der Waals surface area contributed by atoms with Crippen molar-refractivity contribution >= 4 is 34.6 Å². The number of aromatic amines is 1. The highest BCUT2D eigenvalue weighted by atomic mass is 35.5. The zero-order valence-corrected chi connectivity index (χ0v) is 25.5. The van der Waals surface area contributed by atoms with Crippen molar-refractivity contribution < 1.29 is 32.3 Å². The number of hydrogen-bond donors (Lipinski definition) is 2. The summed E-state index contributed by atoms with van der Waals surface area (Å²) in [4.78, 5) is 21.4. The molecule has 46 heavy (non-hydrogen) atoms. The minimum absolute atomic E-state index is 0.230. The van der Waals surface area contributed by atoms with Gasteiger partial charge in [-0.2, -0.15) is 5.21 Å². The molecule has 0 radical (unpaired) electrons. The molecular formula is C31H29ClF3N7O4. The number of fused-ring (bicyclic) bond motifs is 2. The lowest BCUT2D eigenvalue weighted by Crippen LogP contribution is -2.38. The number of carbonyl (C=O) groups excluding carboxylic acids is 1. The molecule has 1 aliphatic carbocycles. The molecule has 2 N–H and O–H groups in total. The van der Waals surface area contributed by atoms with Gasteiger partial charge in [0.15, 0.2) is 5.82 Å². The SMILES string of the molecule is COc1cc(NC(C(=O)N2CC3(CC3)c3ccc(OC(F)(F)F)cc32)c2ccc(Cl)cc2)cc(/C(C)=N/OCCc2nn[nH]n2)c1. The number of oxime groups is 1. The van der Waals surface area contributed by atoms with Gasteiger partial charge in [-0.1, -0.05) is 40.2 Å². The summed E-state index contributed by atoms with van der Waals surface area (Å²) < 4.78 is 49.0. The highest BCUT2D eigenvalue weighted by molar-refractivity contribution is 6.30. The van der Waals surface area contributed by atoms with E-state index in [-0.39, 0.29) is 23.7 Å². The molecule has 11 nitrogen and oxygen atoms in total. The number of tetrazole rings is 1. The molecule has 1 saturated carbocycles. The van der Waals surface area contributed by atoms with E-state index >= 15 is 0 Å². The zero-order valence-electron chi connectivity index (χ0n) is 24.8. The summed E-state index contributed by atoms with van der Waals surface area (Å²) in [5.74, 6) is 0.262. The minimum atomic E-state index is -4.86. The molecule has 240 valence electrons. The van der Waals surface area contributed by atoms with E-state index in [9.17, 15) is 18.0 Å². The molecule has 2 aliphatic rings. The van der Waals surface area contributed by atoms with Gasteiger partial charge in [-0.3, -0.25) is 4.79 Å². The molecule has 1 spiro atoms. The Balaban J connectivity index is 1.30. The van der Waals surface area contributed by atoms with Crippen molar-refractivity contribution in [3.63, 3.8) is 0 Å². The minimum Gasteiger partial charge on any atom is -0.497 e. The standard InChI is InChI=1S/C31H29ClF3N7O4/c1-18(39-45-12-9-27-37-40-41-38-27)20-13-22(15-24(14-20)44-2)36-28(19-3-5-21(32)6-4-19)29(43)42-17-30(10-11-30)25-8-7-23(16-26(25)42)46-31(33,34)35/h3-8,13-16,28,36H,9-12,17H2,1-2H3,(H,37,38,40,41)/b39-18+. The third-order valence-electron chi connectivity index (χ3n) is 7.97. The fourth-order valence-corrected chi connectivity index (χ4v) is 5.65. The second kappa shape index (κ2) is 12.5. The first kappa shape index (κ1) is 31.1. The number of ether oxygens (including phenoxy) is 2. The van der Waals surface area contributed by atoms with Crippen LogP contribution in [0.1, 0.15) is 48.3 Å². The second-order valence-electron chi connectivity index (χ2n) is 11.1. The maximum Gasteiger partial charge on any atom is 0.573 e. The first-order chi connectivity index (χ1) is 22.0. The van der Waals surface area contributed by atoms with E-state index in [0.29, 0.717) is 57.8 Å². The normalized spacial score (nSPS) is 15.8. The van der Waals surface area contributed by atoms with Gasteiger partial charge >= 0.3 is 6.36 Å². The molecule has 1 amide bonds. The molecule has 3 aromatic carbocycles. The molecular weight excluding hydrogens is 627 g/mol. The van der Waals surface area contributed by atoms with Crippen molar-refractivity contribution in [2.45, 2.75) is 44.0 Å². The Kier molecular flexibility index (Phi) is 8.47. The van der Waals surface area contributed by atoms with E-state index in [0.717, 1.165) is 18.4 Å². The summed E-state index contributed by atoms with van der Waals surface area (Å²) in [5.41, 5.74) is 3.31. The van der Waals surface area contributed by atoms with Gasteiger partial charge in [-0.05, 0) is 61.2 Å². The lowest BCUT2D eigenvalue weighted by Gasteiger charge is -2.27. The Morgan fingerprint density at radius 3 is 2.59 bits per heavy atom. The van der Waals surface area contributed by atoms with Gasteiger partial charge in [0.25, 0.3) is 5.91 Å². The molecule has 1 fully saturated rings. The van der Waals surface area contributed by atoms with Crippen LogP contribution in [-0.2, 0) is 21.5 Å². The number of hydrogen-bond acceptors (Lipinski definition) is 9. The smallest absolute Gasteiger partial charge is 0.497 e. The fourth-order valence-electron chi connectivity index (χ4n) is 5.52. The van der Waals surface area contributed by atoms with Gasteiger partial charge in [0, 0.05) is 46.8 Å². The predicted molar refractivity (Wildman–Crippen MR) is 163 cm³/mol. The van der Waals surface area contributed by atoms with E-state index in [4.69, 9.17) is 21.2 Å². The van der Waals surface area contributed by atoms with Crippen LogP contribution < -0.4 is 19.7 Å². The number of halogens is 4. The highest BCUT2D eigenvalue weighted by Crippen LogP contribution is 2.57. The van der Waals surface area contributed by atoms with Crippen LogP contribution in [0, 0.1) is 0 Å². The van der Waals surface area contributed by atoms with Gasteiger partial charge in [-0.15, -0.1) is 23.4 Å². The molecule has 0 bridgehead atoms. The maximum atomic E-state index is 14.4. The van der Waals surface area contributed by atoms with Crippen molar-refractivity contribution in [2.24, 2.45) is 5.16 Å². The van der Waals surface area contributed by atoms with Crippen LogP contribution in [0.2, 0.25) is 5.02 Å². The summed E-state index contributed by atoms with van der Waals surface area (Å²) in [5, 5.41) is 21.7. The monoisotopic (exact) mass is 655 g/mol. The summed E-state index contributed by atoms with van der Waals surface area (Å²) >= 11 is 6.17. The van der Waals surface area contributed by atoms with Gasteiger partial charge in [0.05, 0.1) is 18.5 Å². The third kappa shape index (κ3) is 6.86. The van der Waals surface area contributed by atoms with Crippen molar-refractivity contribution in [2.75, 3.05) is 30.5 Å². The Bertz CT molecular complexity index is 1750. The van der Waals surface area contributed by atoms with Crippen LogP contribution in [0.15, 0.2) is 65.8 Å². The van der Waals surface area contributed by atoms with Crippen LogP contribution in [0.5, 0.6) is 11.5 Å². The van der Waals surface area contributed by atoms with E-state index in [1.54, 1.807) is 60.4 Å². The zero-order chi connectivity index (χ0) is 32.5. The number of nitrogens with zero attached hydrogens (tertiary/aromatic N) is 5. The Labute approximate surface area is 266 Å². The van der Waals surface area contributed by atoms with Crippen LogP contribution in [0.25, 0.3) is 0 Å². The first-order valence-corrected chi connectivity index (χ1v) is 14.7. The summed E-state index contributed by atoms with van der Waals surface area (Å²) in [6.45, 7) is 2.35. The van der Waals surface area contributed by atoms with Crippen molar-refractivity contribution in [1.29, 1.82) is 0 Å². The third-order valence-corrected chi connectivity index (χ3v) is 8.23. The summed E-state index contributed by atoms with van der Waals surface area (Å²) in [7, 11) is 1.52. The molecule has 2 heterocycles. The van der Waals surface area contributed by atoms with Crippen LogP contribution in [0.3, 0.4) is 0 Å². The van der Waals surface area contributed by atoms with Crippen LogP contribution >= 0.6 is 11.6 Å². The topological polar surface area (TPSA) is 127 Å². The molecule has 15 heteroatoms. The molecule has 1 unspecified atom stereocenters. The van der Waals surface area contributed by atoms with E-state index < -0.39 is 12.4 Å². The number of amides is 1. The Morgan fingerprint density at radius 1 is 1.13 bits per heavy atom. The van der Waals surface area contributed by atoms with Gasteiger partial charge in [-0.25, -0.2) is 0 Å². The van der Waals surface area contributed by atoms with Crippen molar-refractivity contribution in [3.05, 3.63) is 88.2 Å². The van der Waals surface area contributed by atoms with Crippen molar-refractivity contribution in [3.8, 4) is 11.5 Å². The lowest BCUT2D eigenvalue weighted by atomic mass is 9.99. The number of nitrogens with one attached hydrogen (secondary N) is 2. The van der Waals surface area contributed by atoms with Gasteiger partial charge in [0.2, 0.25) is 0 Å². The number of alkyl halides is 3. The number of carbonyl (C=O) groups is 1. The Morgan fingerprint density at radius 2 is 1.91 bits per heavy atom. The van der Waals surface area contributed by atoms with Crippen molar-refractivity contribution in [1.82, 2.24) is 20.6 Å². The molecule has 6 rings (SSSR count). The number of rotatable bonds is 11. The molecule has 1 aromatic heterocycles. The summed E-state index contributed by atoms with van der Waals surface area (Å²) in [6, 6.07) is 15.4. The predicted octanol–water partition coefficient (Wildman–Crippen LogP) is 5.98. The lowest BCUT2D eigenvalue weighted by molar-refractivity contribution is -0.274. The van der Waals surface area contributed by atoms with Crippen LogP contribution in [0.4, 0.5) is 24.5 Å². The van der Waals surface area contributed by atoms with Gasteiger partial charge in [0.1, 0.15) is 24.1 Å². The van der Waals surface area contributed by atoms with Gasteiger partial charge < -0.3 is 24.5 Å². The first-order valence-electron chi connectivity index (χ1n) is 14.4. The number of methoxy groups -OCH3 is 1. The number of benzene rings is 3. The highest BCUT2D eigenvalue weighted by Gasteiger charge is 2.54. The summed E-state index contributed by atoms with van der Waals surface area (Å²) in [6.07, 6.45) is -2.79. The van der Waals surface area contributed by atoms with E-state index in [1.807, 2.05) is 0 Å². The number of H-pyrrole nitrogens is 1. The molecule has 1 atom stereocenters. The average Bonchev–Trinajstić information content (AvgIpc) is 3.48. The number of anilines is 2. The quantitative estimate of drug-likeness (QED) is 0.115. The molecule has 4 aromatic rings. The average molecular weight is 656 g/mol. The number of aromatic nitrogens is 4. The molecule has 1 aliphatic heterocycles. The van der Waals surface area contributed by atoms with Crippen LogP contribution in [-0.4, -0.2) is 58.9 Å². The second-order valence-corrected chi connectivity index (χ2v) is 11.5. The van der Waals surface area contributed by atoms with E-state index in [2.05, 4.69) is 35.8 Å². The molecule has 0 saturated heterocycles. The maximum absolute atomic E-state index is 14.4. The fraction of sp³-hybridized carbons (Fsp3) is 0.323. The Hall–Kier alpha value is -4.85. The van der Waals surface area contributed by atoms with E-state index in [1.165, 1.54) is 19.2 Å². The largest absolute Gasteiger partial charge is 0.573 e.